The van der Waals surface area contributed by atoms with Crippen LogP contribution in [0, 0.1) is 0 Å². The number of alkyl halides is 3. The first-order chi connectivity index (χ1) is 9.12. The Morgan fingerprint density at radius 2 is 1.85 bits per heavy atom. The van der Waals surface area contributed by atoms with Gasteiger partial charge < -0.3 is 10.7 Å². The molecule has 0 saturated carbocycles. The first-order valence-electron chi connectivity index (χ1n) is 5.29. The van der Waals surface area contributed by atoms with Crippen molar-refractivity contribution >= 4 is 21.7 Å². The molecular weight excluding hydrogens is 301 g/mol. The van der Waals surface area contributed by atoms with E-state index in [0.717, 1.165) is 6.07 Å². The van der Waals surface area contributed by atoms with Gasteiger partial charge in [0.1, 0.15) is 11.6 Å². The van der Waals surface area contributed by atoms with Crippen LogP contribution in [0.15, 0.2) is 6.07 Å². The maximum atomic E-state index is 12.5. The summed E-state index contributed by atoms with van der Waals surface area (Å²) in [6.45, 7) is 0.0781. The summed E-state index contributed by atoms with van der Waals surface area (Å²) in [5, 5.41) is 7.32. The highest BCUT2D eigenvalue weighted by Crippen LogP contribution is 2.28. The largest absolute Gasteiger partial charge is 0.451 e. The predicted molar refractivity (Wildman–Crippen MR) is 65.9 cm³/mol. The summed E-state index contributed by atoms with van der Waals surface area (Å²) in [6.07, 6.45) is -4.60. The van der Waals surface area contributed by atoms with Crippen LogP contribution < -0.4 is 21.7 Å². The second-order valence-electron chi connectivity index (χ2n) is 3.75. The van der Waals surface area contributed by atoms with Gasteiger partial charge in [-0.3, -0.25) is 0 Å². The summed E-state index contributed by atoms with van der Waals surface area (Å²) in [5.74, 6) is 3.01. The fourth-order valence-corrected chi connectivity index (χ4v) is 1.78. The summed E-state index contributed by atoms with van der Waals surface area (Å²) in [5.41, 5.74) is 1.99. The molecule has 12 heteroatoms. The van der Waals surface area contributed by atoms with Gasteiger partial charge in [-0.15, -0.1) is 0 Å². The molecule has 0 radical (unpaired) electrons. The van der Waals surface area contributed by atoms with E-state index in [1.54, 1.807) is 0 Å². The maximum Gasteiger partial charge on any atom is 0.451 e. The summed E-state index contributed by atoms with van der Waals surface area (Å²) < 4.78 is 58.9. The molecule has 0 bridgehead atoms. The third-order valence-electron chi connectivity index (χ3n) is 2.04. The lowest BCUT2D eigenvalue weighted by Crippen LogP contribution is -2.20. The van der Waals surface area contributed by atoms with Crippen molar-refractivity contribution < 1.29 is 21.6 Å². The van der Waals surface area contributed by atoms with Crippen LogP contribution in [-0.4, -0.2) is 30.7 Å². The van der Waals surface area contributed by atoms with E-state index in [-0.39, 0.29) is 30.4 Å². The first-order valence-corrected chi connectivity index (χ1v) is 7.00. The standard InChI is InChI=1S/C8H13F3N6O2S/c9-8(10,11)7-15-5(4-6(16-7)17-12)14-2-1-3-20(13,18)19/h4H,1-3,12H2,(H2,13,18,19)(H2,14,15,16,17). The molecule has 0 unspecified atom stereocenters. The molecule has 6 N–H and O–H groups in total. The second-order valence-corrected chi connectivity index (χ2v) is 5.49. The minimum atomic E-state index is -4.72. The van der Waals surface area contributed by atoms with Crippen LogP contribution in [0.5, 0.6) is 0 Å². The Morgan fingerprint density at radius 3 is 2.35 bits per heavy atom. The Morgan fingerprint density at radius 1 is 1.25 bits per heavy atom. The van der Waals surface area contributed by atoms with Crippen LogP contribution in [0.2, 0.25) is 0 Å². The van der Waals surface area contributed by atoms with Crippen LogP contribution in [0.25, 0.3) is 0 Å². The average molecular weight is 314 g/mol. The van der Waals surface area contributed by atoms with Crippen LogP contribution in [0.4, 0.5) is 24.8 Å². The number of anilines is 2. The molecule has 0 aliphatic carbocycles. The number of sulfonamides is 1. The molecule has 1 heterocycles. The number of nitrogens with one attached hydrogen (secondary N) is 2. The van der Waals surface area contributed by atoms with Gasteiger partial charge in [0, 0.05) is 12.6 Å². The van der Waals surface area contributed by atoms with E-state index in [2.05, 4.69) is 15.3 Å². The van der Waals surface area contributed by atoms with Crippen molar-refractivity contribution in [3.8, 4) is 0 Å². The molecule has 20 heavy (non-hydrogen) atoms. The zero-order valence-corrected chi connectivity index (χ0v) is 10.9. The number of hydrogen-bond donors (Lipinski definition) is 4. The van der Waals surface area contributed by atoms with E-state index >= 15 is 0 Å². The number of hydrogen-bond acceptors (Lipinski definition) is 7. The fraction of sp³-hybridized carbons (Fsp3) is 0.500. The summed E-state index contributed by atoms with van der Waals surface area (Å²) in [4.78, 5) is 6.43. The molecule has 8 nitrogen and oxygen atoms in total. The molecule has 1 rings (SSSR count). The highest BCUT2D eigenvalue weighted by atomic mass is 32.2. The van der Waals surface area contributed by atoms with Gasteiger partial charge in [0.15, 0.2) is 0 Å². The molecule has 0 spiro atoms. The molecule has 1 aromatic rings. The van der Waals surface area contributed by atoms with E-state index < -0.39 is 22.0 Å². The van der Waals surface area contributed by atoms with E-state index in [4.69, 9.17) is 11.0 Å². The van der Waals surface area contributed by atoms with Gasteiger partial charge in [-0.2, -0.15) is 13.2 Å². The number of nitrogens with zero attached hydrogens (tertiary/aromatic N) is 2. The number of nitrogens with two attached hydrogens (primary N) is 2. The number of hydrazine groups is 1. The molecule has 0 saturated heterocycles. The predicted octanol–water partition coefficient (Wildman–Crippen LogP) is -0.128. The normalized spacial score (nSPS) is 12.2. The first kappa shape index (κ1) is 16.4. The number of halogens is 3. The lowest BCUT2D eigenvalue weighted by molar-refractivity contribution is -0.144. The molecular formula is C8H13F3N6O2S. The Balaban J connectivity index is 2.75. The SMILES string of the molecule is NNc1cc(NCCCS(N)(=O)=O)nc(C(F)(F)F)n1. The molecule has 0 amide bonds. The smallest absolute Gasteiger partial charge is 0.370 e. The zero-order valence-electron chi connectivity index (χ0n) is 10.1. The van der Waals surface area contributed by atoms with Gasteiger partial charge in [0.2, 0.25) is 15.8 Å². The van der Waals surface area contributed by atoms with Crippen molar-refractivity contribution in [2.24, 2.45) is 11.0 Å². The Hall–Kier alpha value is -1.66. The number of nitrogen functional groups attached to an aromatic ring is 1. The van der Waals surface area contributed by atoms with Gasteiger partial charge >= 0.3 is 6.18 Å². The third-order valence-corrected chi connectivity index (χ3v) is 2.90. The maximum absolute atomic E-state index is 12.5. The summed E-state index contributed by atoms with van der Waals surface area (Å²) >= 11 is 0. The Labute approximate surface area is 112 Å². The van der Waals surface area contributed by atoms with Gasteiger partial charge in [0.05, 0.1) is 5.75 Å². The average Bonchev–Trinajstić information content (AvgIpc) is 2.32. The van der Waals surface area contributed by atoms with Crippen LogP contribution >= 0.6 is 0 Å². The topological polar surface area (TPSA) is 136 Å². The van der Waals surface area contributed by atoms with E-state index in [0.29, 0.717) is 0 Å². The van der Waals surface area contributed by atoms with Crippen molar-refractivity contribution in [1.82, 2.24) is 9.97 Å². The zero-order chi connectivity index (χ0) is 15.4. The second kappa shape index (κ2) is 6.19. The van der Waals surface area contributed by atoms with Gasteiger partial charge in [-0.25, -0.2) is 29.4 Å². The number of rotatable bonds is 6. The van der Waals surface area contributed by atoms with Crippen molar-refractivity contribution in [2.75, 3.05) is 23.0 Å². The minimum absolute atomic E-state index is 0.0781. The van der Waals surface area contributed by atoms with Crippen LogP contribution in [0.3, 0.4) is 0 Å². The Bertz CT molecular complexity index is 562. The fourth-order valence-electron chi connectivity index (χ4n) is 1.23. The van der Waals surface area contributed by atoms with Gasteiger partial charge in [-0.05, 0) is 6.42 Å². The number of primary sulfonamides is 1. The summed E-state index contributed by atoms with van der Waals surface area (Å²) in [6, 6.07) is 1.16. The van der Waals surface area contributed by atoms with Gasteiger partial charge in [-0.1, -0.05) is 0 Å². The highest BCUT2D eigenvalue weighted by Gasteiger charge is 2.35. The summed E-state index contributed by atoms with van der Waals surface area (Å²) in [7, 11) is -3.61. The quantitative estimate of drug-likeness (QED) is 0.326. The van der Waals surface area contributed by atoms with Gasteiger partial charge in [0.25, 0.3) is 0 Å². The van der Waals surface area contributed by atoms with Crippen LogP contribution in [-0.2, 0) is 16.2 Å². The molecule has 0 atom stereocenters. The van der Waals surface area contributed by atoms with E-state index in [1.165, 1.54) is 0 Å². The molecule has 0 aromatic carbocycles. The van der Waals surface area contributed by atoms with Crippen LogP contribution in [0.1, 0.15) is 12.2 Å². The molecule has 114 valence electrons. The Kier molecular flexibility index (Phi) is 5.08. The van der Waals surface area contributed by atoms with E-state index in [1.807, 2.05) is 5.43 Å². The molecule has 0 aliphatic heterocycles. The lowest BCUT2D eigenvalue weighted by Gasteiger charge is -2.11. The lowest BCUT2D eigenvalue weighted by atomic mass is 10.4. The number of aromatic nitrogens is 2. The molecule has 0 aliphatic rings. The molecule has 1 aromatic heterocycles. The van der Waals surface area contributed by atoms with Crippen molar-refractivity contribution in [1.29, 1.82) is 0 Å². The monoisotopic (exact) mass is 314 g/mol. The third kappa shape index (κ3) is 5.54. The van der Waals surface area contributed by atoms with Crippen molar-refractivity contribution in [2.45, 2.75) is 12.6 Å². The van der Waals surface area contributed by atoms with Crippen molar-refractivity contribution in [3.63, 3.8) is 0 Å². The minimum Gasteiger partial charge on any atom is -0.370 e. The van der Waals surface area contributed by atoms with E-state index in [9.17, 15) is 21.6 Å². The molecule has 0 fully saturated rings. The van der Waals surface area contributed by atoms with Crippen molar-refractivity contribution in [3.05, 3.63) is 11.9 Å². The highest BCUT2D eigenvalue weighted by molar-refractivity contribution is 7.89.